The highest BCUT2D eigenvalue weighted by molar-refractivity contribution is 5.41. The number of hydrogen-bond acceptors (Lipinski definition) is 5. The maximum atomic E-state index is 10.2. The third-order valence-corrected chi connectivity index (χ3v) is 6.94. The molecule has 4 rings (SSSR count). The fraction of sp³-hybridized carbons (Fsp3) is 0.577. The second-order valence-corrected chi connectivity index (χ2v) is 9.33. The smallest absolute Gasteiger partial charge is 0.160 e. The highest BCUT2D eigenvalue weighted by Crippen LogP contribution is 2.29. The third-order valence-electron chi connectivity index (χ3n) is 6.94. The largest absolute Gasteiger partial charge is 0.504 e. The van der Waals surface area contributed by atoms with E-state index in [-0.39, 0.29) is 5.75 Å². The van der Waals surface area contributed by atoms with Crippen LogP contribution >= 0.6 is 0 Å². The van der Waals surface area contributed by atoms with Gasteiger partial charge in [-0.15, -0.1) is 0 Å². The number of rotatable bonds is 8. The average Bonchev–Trinajstić information content (AvgIpc) is 2.81. The summed E-state index contributed by atoms with van der Waals surface area (Å²) in [6.07, 6.45) is 13.4. The Morgan fingerprint density at radius 1 is 1.06 bits per heavy atom. The Hall–Kier alpha value is -2.11. The number of hydrogen-bond donors (Lipinski definition) is 1. The van der Waals surface area contributed by atoms with Gasteiger partial charge in [0.05, 0.1) is 7.11 Å². The van der Waals surface area contributed by atoms with Crippen LogP contribution in [-0.2, 0) is 13.1 Å². The number of benzene rings is 1. The van der Waals surface area contributed by atoms with Gasteiger partial charge in [0.2, 0.25) is 0 Å². The van der Waals surface area contributed by atoms with E-state index in [1.807, 2.05) is 30.6 Å². The van der Waals surface area contributed by atoms with E-state index in [2.05, 4.69) is 26.9 Å². The molecule has 0 amide bonds. The van der Waals surface area contributed by atoms with Gasteiger partial charge in [-0.2, -0.15) is 0 Å². The average molecular weight is 424 g/mol. The summed E-state index contributed by atoms with van der Waals surface area (Å²) in [7, 11) is 1.59. The van der Waals surface area contributed by atoms with Crippen molar-refractivity contribution in [1.29, 1.82) is 0 Å². The Labute approximate surface area is 187 Å². The Morgan fingerprint density at radius 2 is 1.90 bits per heavy atom. The Morgan fingerprint density at radius 3 is 2.65 bits per heavy atom. The van der Waals surface area contributed by atoms with E-state index >= 15 is 0 Å². The number of aromatic hydroxyl groups is 1. The number of aromatic nitrogens is 1. The van der Waals surface area contributed by atoms with Gasteiger partial charge in [-0.25, -0.2) is 0 Å². The second-order valence-electron chi connectivity index (χ2n) is 9.33. The van der Waals surface area contributed by atoms with Crippen molar-refractivity contribution in [3.8, 4) is 11.5 Å². The first-order valence-corrected chi connectivity index (χ1v) is 11.9. The first kappa shape index (κ1) is 22.1. The lowest BCUT2D eigenvalue weighted by molar-refractivity contribution is 0.0771. The molecule has 31 heavy (non-hydrogen) atoms. The Kier molecular flexibility index (Phi) is 7.81. The summed E-state index contributed by atoms with van der Waals surface area (Å²) in [5, 5.41) is 10.2. The van der Waals surface area contributed by atoms with Crippen LogP contribution < -0.4 is 4.74 Å². The van der Waals surface area contributed by atoms with Crippen LogP contribution in [0.15, 0.2) is 42.7 Å². The lowest BCUT2D eigenvalue weighted by Gasteiger charge is -2.41. The second kappa shape index (κ2) is 11.0. The van der Waals surface area contributed by atoms with Gasteiger partial charge in [-0.1, -0.05) is 31.4 Å². The molecule has 1 saturated heterocycles. The standard InChI is InChI=1S/C26H37N3O2/c1-31-26-12-11-21(15-25(26)30)17-28(18-22-7-5-13-27-16-22)19-23-8-6-14-29(20-23)24-9-3-2-4-10-24/h5,7,11-13,15-16,23-24,30H,2-4,6,8-10,14,17-20H2,1H3/t23-/m1/s1. The van der Waals surface area contributed by atoms with Crippen molar-refractivity contribution >= 4 is 0 Å². The summed E-state index contributed by atoms with van der Waals surface area (Å²) < 4.78 is 5.21. The van der Waals surface area contributed by atoms with Crippen LogP contribution in [0.5, 0.6) is 11.5 Å². The van der Waals surface area contributed by atoms with Crippen molar-refractivity contribution in [3.05, 3.63) is 53.9 Å². The predicted molar refractivity (Wildman–Crippen MR) is 124 cm³/mol. The molecule has 2 aromatic rings. The molecule has 1 atom stereocenters. The van der Waals surface area contributed by atoms with Crippen LogP contribution in [0.4, 0.5) is 0 Å². The number of likely N-dealkylation sites (tertiary alicyclic amines) is 1. The molecule has 1 aliphatic carbocycles. The molecule has 1 saturated carbocycles. The van der Waals surface area contributed by atoms with E-state index in [0.29, 0.717) is 11.7 Å². The van der Waals surface area contributed by atoms with Gasteiger partial charge >= 0.3 is 0 Å². The molecule has 1 N–H and O–H groups in total. The van der Waals surface area contributed by atoms with Crippen molar-refractivity contribution < 1.29 is 9.84 Å². The highest BCUT2D eigenvalue weighted by atomic mass is 16.5. The normalized spacial score (nSPS) is 20.8. The maximum absolute atomic E-state index is 10.2. The molecule has 0 bridgehead atoms. The zero-order valence-corrected chi connectivity index (χ0v) is 18.9. The van der Waals surface area contributed by atoms with Crippen LogP contribution in [-0.4, -0.2) is 52.7 Å². The van der Waals surface area contributed by atoms with Crippen molar-refractivity contribution in [3.63, 3.8) is 0 Å². The molecule has 2 heterocycles. The fourth-order valence-electron chi connectivity index (χ4n) is 5.42. The van der Waals surface area contributed by atoms with Crippen molar-refractivity contribution in [1.82, 2.24) is 14.8 Å². The van der Waals surface area contributed by atoms with Crippen molar-refractivity contribution in [2.45, 2.75) is 64.1 Å². The molecular formula is C26H37N3O2. The summed E-state index contributed by atoms with van der Waals surface area (Å²) >= 11 is 0. The van der Waals surface area contributed by atoms with Gasteiger partial charge in [0.15, 0.2) is 11.5 Å². The van der Waals surface area contributed by atoms with Crippen LogP contribution in [0.1, 0.15) is 56.1 Å². The number of phenolic OH excluding ortho intramolecular Hbond substituents is 1. The molecule has 1 aromatic heterocycles. The summed E-state index contributed by atoms with van der Waals surface area (Å²) in [5.41, 5.74) is 2.35. The number of pyridine rings is 1. The Bertz CT molecular complexity index is 808. The van der Waals surface area contributed by atoms with E-state index in [1.165, 1.54) is 63.6 Å². The van der Waals surface area contributed by atoms with Gasteiger partial charge in [-0.3, -0.25) is 9.88 Å². The molecular weight excluding hydrogens is 386 g/mol. The zero-order valence-electron chi connectivity index (χ0n) is 18.9. The van der Waals surface area contributed by atoms with Gasteiger partial charge in [-0.05, 0) is 67.5 Å². The highest BCUT2D eigenvalue weighted by Gasteiger charge is 2.28. The minimum absolute atomic E-state index is 0.211. The maximum Gasteiger partial charge on any atom is 0.160 e. The summed E-state index contributed by atoms with van der Waals surface area (Å²) in [5.74, 6) is 1.43. The van der Waals surface area contributed by atoms with Crippen molar-refractivity contribution in [2.24, 2.45) is 5.92 Å². The molecule has 2 aliphatic rings. The van der Waals surface area contributed by atoms with Crippen LogP contribution in [0.2, 0.25) is 0 Å². The molecule has 168 valence electrons. The first-order valence-electron chi connectivity index (χ1n) is 11.9. The van der Waals surface area contributed by atoms with Gasteiger partial charge in [0, 0.05) is 44.6 Å². The summed E-state index contributed by atoms with van der Waals surface area (Å²) in [6, 6.07) is 10.7. The lowest BCUT2D eigenvalue weighted by Crippen LogP contribution is -2.46. The zero-order chi connectivity index (χ0) is 21.5. The minimum atomic E-state index is 0.211. The number of piperidine rings is 1. The van der Waals surface area contributed by atoms with Gasteiger partial charge in [0.25, 0.3) is 0 Å². The van der Waals surface area contributed by atoms with Crippen LogP contribution in [0, 0.1) is 5.92 Å². The van der Waals surface area contributed by atoms with Gasteiger partial charge in [0.1, 0.15) is 0 Å². The van der Waals surface area contributed by atoms with E-state index in [0.717, 1.165) is 31.2 Å². The van der Waals surface area contributed by atoms with Crippen molar-refractivity contribution in [2.75, 3.05) is 26.7 Å². The molecule has 2 fully saturated rings. The van der Waals surface area contributed by atoms with Crippen LogP contribution in [0.3, 0.4) is 0 Å². The number of methoxy groups -OCH3 is 1. The molecule has 5 nitrogen and oxygen atoms in total. The minimum Gasteiger partial charge on any atom is -0.504 e. The predicted octanol–water partition coefficient (Wildman–Crippen LogP) is 4.84. The van der Waals surface area contributed by atoms with E-state index in [9.17, 15) is 5.11 Å². The number of ether oxygens (including phenoxy) is 1. The van der Waals surface area contributed by atoms with Crippen LogP contribution in [0.25, 0.3) is 0 Å². The SMILES string of the molecule is COc1ccc(CN(Cc2cccnc2)C[C@H]2CCCN(C3CCCCC3)C2)cc1O. The first-order chi connectivity index (χ1) is 15.2. The molecule has 0 unspecified atom stereocenters. The molecule has 1 aromatic carbocycles. The molecule has 5 heteroatoms. The number of phenols is 1. The molecule has 0 radical (unpaired) electrons. The fourth-order valence-corrected chi connectivity index (χ4v) is 5.42. The third kappa shape index (κ3) is 6.20. The quantitative estimate of drug-likeness (QED) is 0.658. The number of nitrogens with zero attached hydrogens (tertiary/aromatic N) is 3. The van der Waals surface area contributed by atoms with E-state index in [4.69, 9.17) is 4.74 Å². The van der Waals surface area contributed by atoms with E-state index in [1.54, 1.807) is 7.11 Å². The Balaban J connectivity index is 1.44. The molecule has 0 spiro atoms. The summed E-state index contributed by atoms with van der Waals surface area (Å²) in [6.45, 7) is 5.26. The van der Waals surface area contributed by atoms with E-state index < -0.39 is 0 Å². The monoisotopic (exact) mass is 423 g/mol. The summed E-state index contributed by atoms with van der Waals surface area (Å²) in [4.78, 5) is 9.62. The topological polar surface area (TPSA) is 48.8 Å². The molecule has 1 aliphatic heterocycles. The lowest BCUT2D eigenvalue weighted by atomic mass is 9.90. The van der Waals surface area contributed by atoms with Gasteiger partial charge < -0.3 is 14.7 Å².